The predicted octanol–water partition coefficient (Wildman–Crippen LogP) is 3.21. The van der Waals surface area contributed by atoms with Gasteiger partial charge in [-0.3, -0.25) is 4.21 Å². The molecule has 0 bridgehead atoms. The maximum atomic E-state index is 13.9. The lowest BCUT2D eigenvalue weighted by Crippen LogP contribution is -2.03. The van der Waals surface area contributed by atoms with Gasteiger partial charge >= 0.3 is 0 Å². The fraction of sp³-hybridized carbons (Fsp3) is 0.250. The van der Waals surface area contributed by atoms with Crippen LogP contribution in [0.5, 0.6) is 0 Å². The molecule has 2 nitrogen and oxygen atoms in total. The third-order valence-electron chi connectivity index (χ3n) is 3.22. The number of halogens is 1. The molecule has 0 aromatic heterocycles. The molecule has 1 unspecified atom stereocenters. The molecule has 0 spiro atoms. The van der Waals surface area contributed by atoms with E-state index in [2.05, 4.69) is 0 Å². The van der Waals surface area contributed by atoms with Crippen molar-refractivity contribution in [1.29, 1.82) is 0 Å². The second kappa shape index (κ2) is 6.29. The minimum Gasteiger partial charge on any atom is -0.326 e. The van der Waals surface area contributed by atoms with Crippen LogP contribution in [0.15, 0.2) is 41.3 Å². The average molecular weight is 291 g/mol. The monoisotopic (exact) mass is 291 g/mol. The van der Waals surface area contributed by atoms with Crippen LogP contribution < -0.4 is 5.73 Å². The Labute approximate surface area is 121 Å². The van der Waals surface area contributed by atoms with Crippen LogP contribution in [0.25, 0.3) is 0 Å². The fourth-order valence-electron chi connectivity index (χ4n) is 2.11. The molecule has 4 heteroatoms. The molecule has 2 aromatic carbocycles. The van der Waals surface area contributed by atoms with Crippen LogP contribution in [0.1, 0.15) is 22.3 Å². The number of benzene rings is 2. The van der Waals surface area contributed by atoms with E-state index < -0.39 is 10.8 Å². The van der Waals surface area contributed by atoms with Crippen molar-refractivity contribution >= 4 is 10.8 Å². The Morgan fingerprint density at radius 2 is 1.90 bits per heavy atom. The zero-order valence-electron chi connectivity index (χ0n) is 11.7. The Bertz CT molecular complexity index is 655. The zero-order valence-corrected chi connectivity index (χ0v) is 12.5. The van der Waals surface area contributed by atoms with Gasteiger partial charge in [-0.2, -0.15) is 0 Å². The minimum atomic E-state index is -1.24. The predicted molar refractivity (Wildman–Crippen MR) is 80.3 cm³/mol. The smallest absolute Gasteiger partial charge is 0.127 e. The Morgan fingerprint density at radius 3 is 2.50 bits per heavy atom. The van der Waals surface area contributed by atoms with Crippen LogP contribution in [0, 0.1) is 19.7 Å². The van der Waals surface area contributed by atoms with Gasteiger partial charge in [0.05, 0.1) is 16.6 Å². The first kappa shape index (κ1) is 14.9. The summed E-state index contributed by atoms with van der Waals surface area (Å²) in [6.45, 7) is 4.22. The van der Waals surface area contributed by atoms with Gasteiger partial charge in [0, 0.05) is 17.0 Å². The van der Waals surface area contributed by atoms with Gasteiger partial charge in [0.1, 0.15) is 5.82 Å². The number of rotatable bonds is 4. The second-order valence-electron chi connectivity index (χ2n) is 4.89. The molecule has 0 saturated carbocycles. The largest absolute Gasteiger partial charge is 0.326 e. The molecule has 2 aromatic rings. The molecule has 0 radical (unpaired) electrons. The highest BCUT2D eigenvalue weighted by molar-refractivity contribution is 7.84. The maximum absolute atomic E-state index is 13.9. The van der Waals surface area contributed by atoms with Crippen molar-refractivity contribution in [2.24, 2.45) is 5.73 Å². The summed E-state index contributed by atoms with van der Waals surface area (Å²) in [5.41, 5.74) is 8.77. The van der Waals surface area contributed by atoms with E-state index in [0.29, 0.717) is 12.1 Å². The van der Waals surface area contributed by atoms with Gasteiger partial charge in [0.15, 0.2) is 0 Å². The molecule has 0 aliphatic heterocycles. The summed E-state index contributed by atoms with van der Waals surface area (Å²) in [5.74, 6) is -0.160. The van der Waals surface area contributed by atoms with E-state index in [9.17, 15) is 8.60 Å². The Balaban J connectivity index is 2.23. The van der Waals surface area contributed by atoms with E-state index in [1.165, 1.54) is 6.07 Å². The van der Waals surface area contributed by atoms with Gasteiger partial charge in [-0.15, -0.1) is 0 Å². The Hall–Kier alpha value is -1.52. The van der Waals surface area contributed by atoms with Crippen LogP contribution in [0.4, 0.5) is 4.39 Å². The summed E-state index contributed by atoms with van der Waals surface area (Å²) in [7, 11) is -1.24. The lowest BCUT2D eigenvalue weighted by Gasteiger charge is -2.08. The number of aryl methyl sites for hydroxylation is 2. The third kappa shape index (κ3) is 3.32. The molecule has 1 atom stereocenters. The molecule has 106 valence electrons. The molecule has 0 aliphatic rings. The molecule has 0 fully saturated rings. The molecular weight excluding hydrogens is 273 g/mol. The summed E-state index contributed by atoms with van der Waals surface area (Å²) < 4.78 is 26.3. The highest BCUT2D eigenvalue weighted by Gasteiger charge is 2.11. The van der Waals surface area contributed by atoms with Gasteiger partial charge in [-0.1, -0.05) is 29.8 Å². The highest BCUT2D eigenvalue weighted by Crippen LogP contribution is 2.20. The first-order chi connectivity index (χ1) is 9.51. The van der Waals surface area contributed by atoms with Gasteiger partial charge in [-0.05, 0) is 37.1 Å². The molecule has 0 heterocycles. The minimum absolute atomic E-state index is 0.181. The van der Waals surface area contributed by atoms with Crippen LogP contribution in [0.2, 0.25) is 0 Å². The van der Waals surface area contributed by atoms with E-state index >= 15 is 0 Å². The van der Waals surface area contributed by atoms with Crippen molar-refractivity contribution in [2.75, 3.05) is 0 Å². The maximum Gasteiger partial charge on any atom is 0.127 e. The van der Waals surface area contributed by atoms with Crippen molar-refractivity contribution < 1.29 is 8.60 Å². The number of nitrogens with two attached hydrogens (primary N) is 1. The summed E-state index contributed by atoms with van der Waals surface area (Å²) >= 11 is 0. The first-order valence-electron chi connectivity index (χ1n) is 6.44. The number of hydrogen-bond acceptors (Lipinski definition) is 2. The molecule has 0 amide bonds. The zero-order chi connectivity index (χ0) is 14.7. The standard InChI is InChI=1S/C16H18FNOS/c1-11-3-6-16(12(2)7-11)20(19)10-14-5-4-13(9-18)8-15(14)17/h3-8H,9-10,18H2,1-2H3. The van der Waals surface area contributed by atoms with Crippen LogP contribution in [-0.4, -0.2) is 4.21 Å². The summed E-state index contributed by atoms with van der Waals surface area (Å²) in [4.78, 5) is 0.762. The summed E-state index contributed by atoms with van der Waals surface area (Å²) in [6, 6.07) is 10.6. The average Bonchev–Trinajstić information content (AvgIpc) is 2.40. The molecule has 0 aliphatic carbocycles. The van der Waals surface area contributed by atoms with Gasteiger partial charge in [-0.25, -0.2) is 4.39 Å². The van der Waals surface area contributed by atoms with Gasteiger partial charge < -0.3 is 5.73 Å². The summed E-state index contributed by atoms with van der Waals surface area (Å²) in [5, 5.41) is 0. The highest BCUT2D eigenvalue weighted by atomic mass is 32.2. The topological polar surface area (TPSA) is 43.1 Å². The normalized spacial score (nSPS) is 12.4. The van der Waals surface area contributed by atoms with Crippen molar-refractivity contribution in [3.63, 3.8) is 0 Å². The van der Waals surface area contributed by atoms with Gasteiger partial charge in [0.2, 0.25) is 0 Å². The van der Waals surface area contributed by atoms with E-state index in [-0.39, 0.29) is 11.6 Å². The van der Waals surface area contributed by atoms with Crippen molar-refractivity contribution in [3.8, 4) is 0 Å². The Morgan fingerprint density at radius 1 is 1.15 bits per heavy atom. The first-order valence-corrected chi connectivity index (χ1v) is 7.76. The van der Waals surface area contributed by atoms with Crippen molar-refractivity contribution in [3.05, 3.63) is 64.5 Å². The van der Waals surface area contributed by atoms with Crippen molar-refractivity contribution in [1.82, 2.24) is 0 Å². The van der Waals surface area contributed by atoms with Gasteiger partial charge in [0.25, 0.3) is 0 Å². The molecule has 0 saturated heterocycles. The van der Waals surface area contributed by atoms with Crippen LogP contribution in [-0.2, 0) is 23.1 Å². The van der Waals surface area contributed by atoms with E-state index in [4.69, 9.17) is 5.73 Å². The van der Waals surface area contributed by atoms with E-state index in [1.807, 2.05) is 32.0 Å². The SMILES string of the molecule is Cc1ccc(S(=O)Cc2ccc(CN)cc2F)c(C)c1. The third-order valence-corrected chi connectivity index (χ3v) is 4.74. The van der Waals surface area contributed by atoms with E-state index in [1.54, 1.807) is 12.1 Å². The van der Waals surface area contributed by atoms with Crippen LogP contribution >= 0.6 is 0 Å². The van der Waals surface area contributed by atoms with E-state index in [0.717, 1.165) is 21.6 Å². The lowest BCUT2D eigenvalue weighted by atomic mass is 10.1. The van der Waals surface area contributed by atoms with Crippen LogP contribution in [0.3, 0.4) is 0 Å². The summed E-state index contributed by atoms with van der Waals surface area (Å²) in [6.07, 6.45) is 0. The van der Waals surface area contributed by atoms with Crippen molar-refractivity contribution in [2.45, 2.75) is 31.0 Å². The molecule has 2 rings (SSSR count). The molecule has 20 heavy (non-hydrogen) atoms. The fourth-order valence-corrected chi connectivity index (χ4v) is 3.42. The lowest BCUT2D eigenvalue weighted by molar-refractivity contribution is 0.613. The second-order valence-corrected chi connectivity index (χ2v) is 6.31. The molecule has 2 N–H and O–H groups in total. The molecular formula is C16H18FNOS. The Kier molecular flexibility index (Phi) is 4.68. The quantitative estimate of drug-likeness (QED) is 0.940. The number of hydrogen-bond donors (Lipinski definition) is 1.